The number of anilines is 1. The highest BCUT2D eigenvalue weighted by Gasteiger charge is 2.19. The van der Waals surface area contributed by atoms with Crippen LogP contribution in [-0.4, -0.2) is 13.3 Å². The molecule has 0 radical (unpaired) electrons. The lowest BCUT2D eigenvalue weighted by Gasteiger charge is -2.08. The van der Waals surface area contributed by atoms with Gasteiger partial charge in [0.15, 0.2) is 9.84 Å². The molecule has 0 unspecified atom stereocenters. The average Bonchev–Trinajstić information content (AvgIpc) is 2.38. The van der Waals surface area contributed by atoms with Gasteiger partial charge >= 0.3 is 0 Å². The fourth-order valence-electron chi connectivity index (χ4n) is 1.81. The Morgan fingerprint density at radius 1 is 1.14 bits per heavy atom. The number of nitrogens with two attached hydrogens (primary N) is 1. The summed E-state index contributed by atoms with van der Waals surface area (Å²) in [5, 5.41) is 10.9. The molecule has 2 aromatic carbocycles. The van der Waals surface area contributed by atoms with Crippen LogP contribution in [0.1, 0.15) is 5.56 Å². The number of nitrogens with zero attached hydrogens (tertiary/aromatic N) is 1. The van der Waals surface area contributed by atoms with Gasteiger partial charge in [-0.3, -0.25) is 10.1 Å². The van der Waals surface area contributed by atoms with Gasteiger partial charge in [-0.1, -0.05) is 23.7 Å². The van der Waals surface area contributed by atoms with Crippen LogP contribution < -0.4 is 5.73 Å². The van der Waals surface area contributed by atoms with Gasteiger partial charge in [0.2, 0.25) is 0 Å². The molecule has 2 aromatic rings. The first-order valence-electron chi connectivity index (χ1n) is 5.81. The third-order valence-electron chi connectivity index (χ3n) is 2.81. The summed E-state index contributed by atoms with van der Waals surface area (Å²) in [5.74, 6) is -0.295. The van der Waals surface area contributed by atoms with Crippen molar-refractivity contribution in [1.82, 2.24) is 0 Å². The number of halogens is 1. The predicted molar refractivity (Wildman–Crippen MR) is 79.9 cm³/mol. The summed E-state index contributed by atoms with van der Waals surface area (Å²) in [6.07, 6.45) is 0. The Kier molecular flexibility index (Phi) is 4.15. The molecular formula is C13H11ClN2O4S. The van der Waals surface area contributed by atoms with Crippen molar-refractivity contribution in [3.63, 3.8) is 0 Å². The molecule has 21 heavy (non-hydrogen) atoms. The number of nitrogen functional groups attached to an aromatic ring is 1. The van der Waals surface area contributed by atoms with Crippen molar-refractivity contribution in [2.24, 2.45) is 0 Å². The second-order valence-electron chi connectivity index (χ2n) is 4.36. The van der Waals surface area contributed by atoms with E-state index < -0.39 is 14.8 Å². The van der Waals surface area contributed by atoms with Crippen LogP contribution in [0.3, 0.4) is 0 Å². The van der Waals surface area contributed by atoms with E-state index in [4.69, 9.17) is 17.3 Å². The maximum atomic E-state index is 12.3. The van der Waals surface area contributed by atoms with E-state index in [1.165, 1.54) is 42.5 Å². The average molecular weight is 327 g/mol. The van der Waals surface area contributed by atoms with Gasteiger partial charge in [0, 0.05) is 17.2 Å². The summed E-state index contributed by atoms with van der Waals surface area (Å²) in [7, 11) is -3.65. The molecule has 0 aliphatic carbocycles. The quantitative estimate of drug-likeness (QED) is 0.528. The molecule has 0 aromatic heterocycles. The summed E-state index contributed by atoms with van der Waals surface area (Å²) in [4.78, 5) is 10.00. The Bertz CT molecular complexity index is 788. The zero-order valence-corrected chi connectivity index (χ0v) is 12.3. The zero-order chi connectivity index (χ0) is 15.6. The maximum Gasteiger partial charge on any atom is 0.269 e. The third kappa shape index (κ3) is 3.50. The molecule has 0 saturated carbocycles. The van der Waals surface area contributed by atoms with Gasteiger partial charge in [-0.25, -0.2) is 8.42 Å². The number of hydrogen-bond donors (Lipinski definition) is 1. The first kappa shape index (κ1) is 15.3. The Morgan fingerprint density at radius 3 is 2.29 bits per heavy atom. The Hall–Kier alpha value is -2.12. The second-order valence-corrected chi connectivity index (χ2v) is 6.76. The number of non-ortho nitro benzene ring substituents is 1. The van der Waals surface area contributed by atoms with Crippen molar-refractivity contribution in [3.8, 4) is 0 Å². The van der Waals surface area contributed by atoms with Crippen molar-refractivity contribution < 1.29 is 13.3 Å². The lowest BCUT2D eigenvalue weighted by molar-refractivity contribution is -0.384. The summed E-state index contributed by atoms with van der Waals surface area (Å²) < 4.78 is 24.6. The maximum absolute atomic E-state index is 12.3. The van der Waals surface area contributed by atoms with E-state index in [9.17, 15) is 18.5 Å². The van der Waals surface area contributed by atoms with Crippen LogP contribution in [0, 0.1) is 10.1 Å². The van der Waals surface area contributed by atoms with Crippen LogP contribution in [0.25, 0.3) is 0 Å². The Morgan fingerprint density at radius 2 is 1.76 bits per heavy atom. The summed E-state index contributed by atoms with van der Waals surface area (Å²) in [6.45, 7) is 0. The van der Waals surface area contributed by atoms with Crippen LogP contribution >= 0.6 is 11.6 Å². The van der Waals surface area contributed by atoms with E-state index in [0.717, 1.165) is 0 Å². The molecular weight excluding hydrogens is 316 g/mol. The van der Waals surface area contributed by atoms with Gasteiger partial charge in [-0.05, 0) is 23.8 Å². The van der Waals surface area contributed by atoms with Crippen LogP contribution in [-0.2, 0) is 15.6 Å². The standard InChI is InChI=1S/C13H11ClN2O4S/c14-10-3-6-13(12(15)7-10)21(19,20)8-9-1-4-11(5-2-9)16(17)18/h1-7H,8,15H2. The van der Waals surface area contributed by atoms with E-state index in [-0.39, 0.29) is 22.0 Å². The lowest BCUT2D eigenvalue weighted by Crippen LogP contribution is -2.08. The largest absolute Gasteiger partial charge is 0.398 e. The smallest absolute Gasteiger partial charge is 0.269 e. The van der Waals surface area contributed by atoms with Gasteiger partial charge in [0.1, 0.15) is 0 Å². The predicted octanol–water partition coefficient (Wildman–Crippen LogP) is 2.80. The molecule has 0 aliphatic rings. The minimum Gasteiger partial charge on any atom is -0.398 e. The summed E-state index contributed by atoms with van der Waals surface area (Å²) in [5.41, 5.74) is 6.09. The molecule has 0 aliphatic heterocycles. The number of hydrogen-bond acceptors (Lipinski definition) is 5. The number of nitro groups is 1. The fourth-order valence-corrected chi connectivity index (χ4v) is 3.47. The normalized spacial score (nSPS) is 11.3. The van der Waals surface area contributed by atoms with Crippen molar-refractivity contribution in [1.29, 1.82) is 0 Å². The molecule has 0 bridgehead atoms. The van der Waals surface area contributed by atoms with E-state index >= 15 is 0 Å². The van der Waals surface area contributed by atoms with Gasteiger partial charge in [0.25, 0.3) is 5.69 Å². The number of rotatable bonds is 4. The first-order chi connectivity index (χ1) is 9.79. The molecule has 0 spiro atoms. The number of nitro benzene ring substituents is 1. The van der Waals surface area contributed by atoms with Crippen LogP contribution in [0.4, 0.5) is 11.4 Å². The van der Waals surface area contributed by atoms with Crippen molar-refractivity contribution in [2.45, 2.75) is 10.6 Å². The molecule has 0 heterocycles. The van der Waals surface area contributed by atoms with Gasteiger partial charge < -0.3 is 5.73 Å². The molecule has 0 saturated heterocycles. The molecule has 6 nitrogen and oxygen atoms in total. The highest BCUT2D eigenvalue weighted by Crippen LogP contribution is 2.26. The second kappa shape index (κ2) is 5.71. The van der Waals surface area contributed by atoms with E-state index in [1.54, 1.807) is 0 Å². The zero-order valence-electron chi connectivity index (χ0n) is 10.7. The summed E-state index contributed by atoms with van der Waals surface area (Å²) in [6, 6.07) is 9.49. The van der Waals surface area contributed by atoms with E-state index in [2.05, 4.69) is 0 Å². The third-order valence-corrected chi connectivity index (χ3v) is 4.80. The van der Waals surface area contributed by atoms with Crippen LogP contribution in [0.2, 0.25) is 5.02 Å². The minimum atomic E-state index is -3.65. The molecule has 0 atom stereocenters. The van der Waals surface area contributed by atoms with Crippen LogP contribution in [0.5, 0.6) is 0 Å². The molecule has 110 valence electrons. The van der Waals surface area contributed by atoms with Gasteiger partial charge in [0.05, 0.1) is 21.3 Å². The first-order valence-corrected chi connectivity index (χ1v) is 7.84. The Balaban J connectivity index is 2.30. The fraction of sp³-hybridized carbons (Fsp3) is 0.0769. The molecule has 2 N–H and O–H groups in total. The van der Waals surface area contributed by atoms with E-state index in [1.807, 2.05) is 0 Å². The molecule has 0 amide bonds. The molecule has 8 heteroatoms. The van der Waals surface area contributed by atoms with E-state index in [0.29, 0.717) is 10.6 Å². The highest BCUT2D eigenvalue weighted by molar-refractivity contribution is 7.90. The summed E-state index contributed by atoms with van der Waals surface area (Å²) >= 11 is 5.74. The monoisotopic (exact) mass is 326 g/mol. The molecule has 2 rings (SSSR count). The van der Waals surface area contributed by atoms with Crippen LogP contribution in [0.15, 0.2) is 47.4 Å². The topological polar surface area (TPSA) is 103 Å². The number of benzene rings is 2. The highest BCUT2D eigenvalue weighted by atomic mass is 35.5. The van der Waals surface area contributed by atoms with Gasteiger partial charge in [-0.2, -0.15) is 0 Å². The SMILES string of the molecule is Nc1cc(Cl)ccc1S(=O)(=O)Cc1ccc([N+](=O)[O-])cc1. The Labute approximate surface area is 126 Å². The molecule has 0 fully saturated rings. The van der Waals surface area contributed by atoms with Crippen molar-refractivity contribution in [2.75, 3.05) is 5.73 Å². The van der Waals surface area contributed by atoms with Crippen molar-refractivity contribution >= 4 is 32.8 Å². The van der Waals surface area contributed by atoms with Gasteiger partial charge in [-0.15, -0.1) is 0 Å². The lowest BCUT2D eigenvalue weighted by atomic mass is 10.2. The van der Waals surface area contributed by atoms with Crippen molar-refractivity contribution in [3.05, 3.63) is 63.2 Å². The number of sulfone groups is 1. The minimum absolute atomic E-state index is 0.00903.